The molecule has 1 nitrogen and oxygen atoms in total. The van der Waals surface area contributed by atoms with Crippen LogP contribution in [0.25, 0.3) is 0 Å². The number of carbonyl (C=O) groups excluding carboxylic acids is 1. The summed E-state index contributed by atoms with van der Waals surface area (Å²) < 4.78 is 0.997. The lowest BCUT2D eigenvalue weighted by molar-refractivity contribution is 0.0988. The van der Waals surface area contributed by atoms with Gasteiger partial charge in [-0.15, -0.1) is 0 Å². The Balaban J connectivity index is 3.08. The minimum atomic E-state index is 0.135. The van der Waals surface area contributed by atoms with Crippen LogP contribution >= 0.6 is 34.2 Å². The summed E-state index contributed by atoms with van der Waals surface area (Å²) in [6.45, 7) is 1.84. The van der Waals surface area contributed by atoms with Crippen LogP contribution in [-0.4, -0.2) is 5.78 Å². The second-order valence-corrected chi connectivity index (χ2v) is 4.12. The van der Waals surface area contributed by atoms with Crippen molar-refractivity contribution in [3.05, 3.63) is 32.4 Å². The van der Waals surface area contributed by atoms with Gasteiger partial charge in [0.1, 0.15) is 0 Å². The zero-order valence-corrected chi connectivity index (χ0v) is 9.52. The van der Waals surface area contributed by atoms with Gasteiger partial charge in [0.25, 0.3) is 0 Å². The fourth-order valence-electron chi connectivity index (χ4n) is 0.919. The molecule has 0 unspecified atom stereocenters. The molecule has 0 aliphatic heterocycles. The molecular formula is C9H8ClIO. The Bertz CT molecular complexity index is 289. The van der Waals surface area contributed by atoms with Crippen molar-refractivity contribution in [3.8, 4) is 0 Å². The first-order valence-electron chi connectivity index (χ1n) is 3.62. The van der Waals surface area contributed by atoms with Crippen molar-refractivity contribution in [2.75, 3.05) is 0 Å². The van der Waals surface area contributed by atoms with E-state index in [1.807, 2.05) is 19.1 Å². The predicted molar refractivity (Wildman–Crippen MR) is 58.8 cm³/mol. The Labute approximate surface area is 90.3 Å². The summed E-state index contributed by atoms with van der Waals surface area (Å²) in [6.07, 6.45) is 0.524. The molecule has 0 saturated carbocycles. The molecule has 0 atom stereocenters. The van der Waals surface area contributed by atoms with Gasteiger partial charge in [0.05, 0.1) is 0 Å². The van der Waals surface area contributed by atoms with Crippen LogP contribution in [0.3, 0.4) is 0 Å². The molecule has 0 N–H and O–H groups in total. The molecule has 0 bridgehead atoms. The monoisotopic (exact) mass is 294 g/mol. The molecule has 0 aliphatic rings. The molecule has 1 aromatic rings. The van der Waals surface area contributed by atoms with Gasteiger partial charge in [-0.2, -0.15) is 0 Å². The molecule has 0 fully saturated rings. The van der Waals surface area contributed by atoms with Crippen molar-refractivity contribution < 1.29 is 4.79 Å². The summed E-state index contributed by atoms with van der Waals surface area (Å²) >= 11 is 7.94. The fraction of sp³-hybridized carbons (Fsp3) is 0.222. The Kier molecular flexibility index (Phi) is 3.53. The second kappa shape index (κ2) is 4.23. The first-order chi connectivity index (χ1) is 5.63. The van der Waals surface area contributed by atoms with E-state index >= 15 is 0 Å². The van der Waals surface area contributed by atoms with Crippen LogP contribution < -0.4 is 0 Å². The second-order valence-electron chi connectivity index (χ2n) is 2.43. The average Bonchev–Trinajstić information content (AvgIpc) is 2.01. The summed E-state index contributed by atoms with van der Waals surface area (Å²) in [5.74, 6) is 0.135. The van der Waals surface area contributed by atoms with E-state index in [2.05, 4.69) is 22.6 Å². The van der Waals surface area contributed by atoms with Crippen molar-refractivity contribution in [1.82, 2.24) is 0 Å². The number of benzene rings is 1. The van der Waals surface area contributed by atoms with Gasteiger partial charge < -0.3 is 0 Å². The largest absolute Gasteiger partial charge is 0.294 e. The fourth-order valence-corrected chi connectivity index (χ4v) is 2.01. The molecular weight excluding hydrogens is 286 g/mol. The Morgan fingerprint density at radius 1 is 1.50 bits per heavy atom. The minimum absolute atomic E-state index is 0.135. The molecule has 1 aromatic carbocycles. The zero-order chi connectivity index (χ0) is 9.14. The molecule has 0 amide bonds. The molecule has 0 aromatic heterocycles. The summed E-state index contributed by atoms with van der Waals surface area (Å²) in [4.78, 5) is 11.3. The van der Waals surface area contributed by atoms with Crippen LogP contribution in [0.4, 0.5) is 0 Å². The van der Waals surface area contributed by atoms with E-state index in [0.717, 1.165) is 3.57 Å². The van der Waals surface area contributed by atoms with Gasteiger partial charge in [0.15, 0.2) is 5.78 Å². The number of carbonyl (C=O) groups is 1. The number of Topliss-reactive ketones (excluding diaryl/α,β-unsaturated/α-hetero) is 1. The summed E-state index contributed by atoms with van der Waals surface area (Å²) in [5.41, 5.74) is 0.703. The first kappa shape index (κ1) is 9.99. The van der Waals surface area contributed by atoms with Gasteiger partial charge >= 0.3 is 0 Å². The first-order valence-corrected chi connectivity index (χ1v) is 5.08. The van der Waals surface area contributed by atoms with Gasteiger partial charge in [-0.05, 0) is 40.8 Å². The van der Waals surface area contributed by atoms with E-state index in [4.69, 9.17) is 11.6 Å². The highest BCUT2D eigenvalue weighted by molar-refractivity contribution is 14.1. The van der Waals surface area contributed by atoms with Crippen LogP contribution in [-0.2, 0) is 0 Å². The van der Waals surface area contributed by atoms with E-state index in [9.17, 15) is 4.79 Å². The van der Waals surface area contributed by atoms with Gasteiger partial charge in [-0.3, -0.25) is 4.79 Å². The summed E-state index contributed by atoms with van der Waals surface area (Å²) in [6, 6.07) is 5.38. The number of hydrogen-bond donors (Lipinski definition) is 0. The van der Waals surface area contributed by atoms with Crippen molar-refractivity contribution in [3.63, 3.8) is 0 Å². The van der Waals surface area contributed by atoms with E-state index in [1.54, 1.807) is 6.07 Å². The highest BCUT2D eigenvalue weighted by atomic mass is 127. The van der Waals surface area contributed by atoms with E-state index in [-0.39, 0.29) is 5.78 Å². The normalized spacial score (nSPS) is 9.92. The lowest BCUT2D eigenvalue weighted by Gasteiger charge is -1.99. The standard InChI is InChI=1S/C9H8ClIO/c1-2-9(12)6-3-7(10)5-8(11)4-6/h3-5H,2H2,1H3. The number of rotatable bonds is 2. The van der Waals surface area contributed by atoms with Crippen LogP contribution in [0, 0.1) is 3.57 Å². The molecule has 64 valence electrons. The zero-order valence-electron chi connectivity index (χ0n) is 6.60. The van der Waals surface area contributed by atoms with Crippen molar-refractivity contribution in [1.29, 1.82) is 0 Å². The number of ketones is 1. The Hall–Kier alpha value is -0.0900. The quantitative estimate of drug-likeness (QED) is 0.602. The Morgan fingerprint density at radius 3 is 2.67 bits per heavy atom. The topological polar surface area (TPSA) is 17.1 Å². The molecule has 0 spiro atoms. The predicted octanol–water partition coefficient (Wildman–Crippen LogP) is 3.54. The molecule has 0 radical (unpaired) electrons. The SMILES string of the molecule is CCC(=O)c1cc(Cl)cc(I)c1. The van der Waals surface area contributed by atoms with Gasteiger partial charge in [0.2, 0.25) is 0 Å². The third-order valence-electron chi connectivity index (χ3n) is 1.51. The number of hydrogen-bond acceptors (Lipinski definition) is 1. The van der Waals surface area contributed by atoms with Crippen LogP contribution in [0.1, 0.15) is 23.7 Å². The summed E-state index contributed by atoms with van der Waals surface area (Å²) in [7, 11) is 0. The van der Waals surface area contributed by atoms with Crippen molar-refractivity contribution in [2.45, 2.75) is 13.3 Å². The summed E-state index contributed by atoms with van der Waals surface area (Å²) in [5, 5.41) is 0.624. The smallest absolute Gasteiger partial charge is 0.162 e. The molecule has 0 saturated heterocycles. The molecule has 12 heavy (non-hydrogen) atoms. The van der Waals surface area contributed by atoms with Crippen LogP contribution in [0.5, 0.6) is 0 Å². The van der Waals surface area contributed by atoms with E-state index in [0.29, 0.717) is 17.0 Å². The minimum Gasteiger partial charge on any atom is -0.294 e. The third-order valence-corrected chi connectivity index (χ3v) is 2.35. The van der Waals surface area contributed by atoms with E-state index < -0.39 is 0 Å². The average molecular weight is 295 g/mol. The maximum absolute atomic E-state index is 11.3. The van der Waals surface area contributed by atoms with E-state index in [1.165, 1.54) is 0 Å². The highest BCUT2D eigenvalue weighted by Gasteiger charge is 2.04. The lowest BCUT2D eigenvalue weighted by Crippen LogP contribution is -1.96. The lowest BCUT2D eigenvalue weighted by atomic mass is 10.1. The van der Waals surface area contributed by atoms with Gasteiger partial charge in [0, 0.05) is 20.6 Å². The molecule has 3 heteroatoms. The van der Waals surface area contributed by atoms with Gasteiger partial charge in [-0.25, -0.2) is 0 Å². The Morgan fingerprint density at radius 2 is 2.17 bits per heavy atom. The molecule has 0 heterocycles. The maximum Gasteiger partial charge on any atom is 0.162 e. The number of halogens is 2. The third kappa shape index (κ3) is 2.45. The van der Waals surface area contributed by atoms with Crippen LogP contribution in [0.15, 0.2) is 18.2 Å². The van der Waals surface area contributed by atoms with Crippen molar-refractivity contribution >= 4 is 40.0 Å². The molecule has 1 rings (SSSR count). The highest BCUT2D eigenvalue weighted by Crippen LogP contribution is 2.17. The van der Waals surface area contributed by atoms with Gasteiger partial charge in [-0.1, -0.05) is 18.5 Å². The van der Waals surface area contributed by atoms with Crippen LogP contribution in [0.2, 0.25) is 5.02 Å². The maximum atomic E-state index is 11.3. The van der Waals surface area contributed by atoms with Crippen molar-refractivity contribution in [2.24, 2.45) is 0 Å². The molecule has 0 aliphatic carbocycles.